The van der Waals surface area contributed by atoms with Gasteiger partial charge in [-0.25, -0.2) is 9.78 Å². The first kappa shape index (κ1) is 19.1. The maximum Gasteiger partial charge on any atom is 0.336 e. The van der Waals surface area contributed by atoms with Crippen LogP contribution in [0.5, 0.6) is 0 Å². The number of carbonyl (C=O) groups is 1. The fourth-order valence-electron chi connectivity index (χ4n) is 2.86. The van der Waals surface area contributed by atoms with Crippen molar-refractivity contribution >= 4 is 34.3 Å². The molecule has 6 nitrogen and oxygen atoms in total. The van der Waals surface area contributed by atoms with Crippen molar-refractivity contribution < 1.29 is 9.21 Å². The maximum absolute atomic E-state index is 12.3. The van der Waals surface area contributed by atoms with E-state index in [2.05, 4.69) is 10.3 Å². The third-order valence-electron chi connectivity index (χ3n) is 4.15. The highest BCUT2D eigenvalue weighted by Crippen LogP contribution is 2.25. The lowest BCUT2D eigenvalue weighted by Gasteiger charge is -2.17. The van der Waals surface area contributed by atoms with Gasteiger partial charge in [-0.15, -0.1) is 0 Å². The molecule has 0 spiro atoms. The highest BCUT2D eigenvalue weighted by atomic mass is 35.5. The highest BCUT2D eigenvalue weighted by Gasteiger charge is 2.13. The van der Waals surface area contributed by atoms with Crippen LogP contribution in [0.1, 0.15) is 16.7 Å². The number of nitrogens with one attached hydrogen (secondary N) is 1. The number of aryl methyl sites for hydroxylation is 2. The summed E-state index contributed by atoms with van der Waals surface area (Å²) in [5.74, 6) is 0.332. The van der Waals surface area contributed by atoms with Gasteiger partial charge in [-0.05, 0) is 61.9 Å². The number of benzene rings is 1. The van der Waals surface area contributed by atoms with Crippen molar-refractivity contribution in [3.05, 3.63) is 68.7 Å². The van der Waals surface area contributed by atoms with E-state index < -0.39 is 5.63 Å². The van der Waals surface area contributed by atoms with Crippen molar-refractivity contribution in [3.63, 3.8) is 0 Å². The van der Waals surface area contributed by atoms with E-state index in [1.807, 2.05) is 24.8 Å². The highest BCUT2D eigenvalue weighted by molar-refractivity contribution is 6.32. The Labute approximate surface area is 161 Å². The van der Waals surface area contributed by atoms with Crippen molar-refractivity contribution in [1.82, 2.24) is 9.88 Å². The number of fused-ring (bicyclic) bond motifs is 1. The van der Waals surface area contributed by atoms with Crippen molar-refractivity contribution in [3.8, 4) is 0 Å². The third kappa shape index (κ3) is 4.72. The van der Waals surface area contributed by atoms with Crippen LogP contribution in [-0.2, 0) is 11.3 Å². The van der Waals surface area contributed by atoms with Gasteiger partial charge >= 0.3 is 5.63 Å². The molecule has 2 aromatic heterocycles. The molecular weight excluding hydrogens is 366 g/mol. The fourth-order valence-corrected chi connectivity index (χ4v) is 3.02. The number of halogens is 1. The van der Waals surface area contributed by atoms with Crippen LogP contribution >= 0.6 is 11.6 Å². The predicted molar refractivity (Wildman–Crippen MR) is 106 cm³/mol. The Balaban J connectivity index is 1.75. The standard InChI is InChI=1S/C20H20ClN3O3/c1-12-4-5-22-18(6-12)23-19(25)11-24(3)10-14-8-20(26)27-17-7-13(2)16(21)9-15(14)17/h4-9H,10-11H2,1-3H3,(H,22,23,25). The molecule has 140 valence electrons. The molecule has 1 aromatic carbocycles. The molecule has 0 aliphatic rings. The van der Waals surface area contributed by atoms with Gasteiger partial charge in [0.15, 0.2) is 0 Å². The van der Waals surface area contributed by atoms with Crippen LogP contribution in [-0.4, -0.2) is 29.4 Å². The fraction of sp³-hybridized carbons (Fsp3) is 0.250. The number of anilines is 1. The monoisotopic (exact) mass is 385 g/mol. The molecule has 0 saturated carbocycles. The molecule has 0 saturated heterocycles. The van der Waals surface area contributed by atoms with E-state index in [-0.39, 0.29) is 12.5 Å². The van der Waals surface area contributed by atoms with Crippen molar-refractivity contribution in [2.24, 2.45) is 0 Å². The second-order valence-electron chi connectivity index (χ2n) is 6.63. The first-order valence-electron chi connectivity index (χ1n) is 8.46. The van der Waals surface area contributed by atoms with Gasteiger partial charge in [-0.3, -0.25) is 9.69 Å². The molecule has 0 unspecified atom stereocenters. The van der Waals surface area contributed by atoms with Gasteiger partial charge in [0.2, 0.25) is 5.91 Å². The Hall–Kier alpha value is -2.70. The van der Waals surface area contributed by atoms with Gasteiger partial charge in [0.05, 0.1) is 6.54 Å². The summed E-state index contributed by atoms with van der Waals surface area (Å²) in [5.41, 5.74) is 2.67. The molecular formula is C20H20ClN3O3. The van der Waals surface area contributed by atoms with E-state index in [1.54, 1.807) is 31.4 Å². The minimum atomic E-state index is -0.430. The molecule has 0 fully saturated rings. The molecule has 7 heteroatoms. The SMILES string of the molecule is Cc1ccnc(NC(=O)CN(C)Cc2cc(=O)oc3cc(C)c(Cl)cc23)c1. The summed E-state index contributed by atoms with van der Waals surface area (Å²) in [4.78, 5) is 30.1. The minimum Gasteiger partial charge on any atom is -0.423 e. The van der Waals surface area contributed by atoms with Crippen LogP contribution in [0.4, 0.5) is 5.82 Å². The molecule has 1 amide bonds. The molecule has 2 heterocycles. The number of amides is 1. The number of pyridine rings is 1. The van der Waals surface area contributed by atoms with Crippen molar-refractivity contribution in [2.75, 3.05) is 18.9 Å². The summed E-state index contributed by atoms with van der Waals surface area (Å²) in [5, 5.41) is 4.13. The first-order valence-corrected chi connectivity index (χ1v) is 8.83. The van der Waals surface area contributed by atoms with Crippen LogP contribution in [0.3, 0.4) is 0 Å². The molecule has 1 N–H and O–H groups in total. The molecule has 0 bridgehead atoms. The number of aromatic nitrogens is 1. The van der Waals surface area contributed by atoms with E-state index in [1.165, 1.54) is 6.07 Å². The average molecular weight is 386 g/mol. The Morgan fingerprint density at radius 3 is 2.78 bits per heavy atom. The zero-order chi connectivity index (χ0) is 19.6. The van der Waals surface area contributed by atoms with Crippen LogP contribution in [0.15, 0.2) is 45.7 Å². The van der Waals surface area contributed by atoms with Crippen molar-refractivity contribution in [1.29, 1.82) is 0 Å². The minimum absolute atomic E-state index is 0.150. The molecule has 0 aliphatic heterocycles. The summed E-state index contributed by atoms with van der Waals surface area (Å²) in [6, 6.07) is 8.64. The van der Waals surface area contributed by atoms with Gasteiger partial charge < -0.3 is 9.73 Å². The van der Waals surface area contributed by atoms with Gasteiger partial charge in [-0.1, -0.05) is 11.6 Å². The number of hydrogen-bond donors (Lipinski definition) is 1. The Morgan fingerprint density at radius 1 is 1.26 bits per heavy atom. The van der Waals surface area contributed by atoms with Gasteiger partial charge in [-0.2, -0.15) is 0 Å². The van der Waals surface area contributed by atoms with Crippen LogP contribution < -0.4 is 10.9 Å². The summed E-state index contributed by atoms with van der Waals surface area (Å²) in [6.45, 7) is 4.33. The van der Waals surface area contributed by atoms with E-state index >= 15 is 0 Å². The molecule has 0 radical (unpaired) electrons. The van der Waals surface area contributed by atoms with Gasteiger partial charge in [0, 0.05) is 29.2 Å². The van der Waals surface area contributed by atoms with E-state index in [9.17, 15) is 9.59 Å². The largest absolute Gasteiger partial charge is 0.423 e. The van der Waals surface area contributed by atoms with E-state index in [4.69, 9.17) is 16.0 Å². The molecule has 27 heavy (non-hydrogen) atoms. The molecule has 3 aromatic rings. The number of carbonyl (C=O) groups excluding carboxylic acids is 1. The summed E-state index contributed by atoms with van der Waals surface area (Å²) < 4.78 is 5.27. The quantitative estimate of drug-likeness (QED) is 0.680. The first-order chi connectivity index (χ1) is 12.8. The second kappa shape index (κ2) is 7.90. The van der Waals surface area contributed by atoms with E-state index in [0.717, 1.165) is 22.1 Å². The van der Waals surface area contributed by atoms with Crippen LogP contribution in [0, 0.1) is 13.8 Å². The summed E-state index contributed by atoms with van der Waals surface area (Å²) in [7, 11) is 1.81. The Morgan fingerprint density at radius 2 is 2.04 bits per heavy atom. The van der Waals surface area contributed by atoms with Crippen molar-refractivity contribution in [2.45, 2.75) is 20.4 Å². The normalized spacial score (nSPS) is 11.1. The lowest BCUT2D eigenvalue weighted by atomic mass is 10.1. The van der Waals surface area contributed by atoms with Crippen LogP contribution in [0.25, 0.3) is 11.0 Å². The summed E-state index contributed by atoms with van der Waals surface area (Å²) >= 11 is 6.22. The predicted octanol–water partition coefficient (Wildman–Crippen LogP) is 3.53. The average Bonchev–Trinajstić information content (AvgIpc) is 2.56. The van der Waals surface area contributed by atoms with Gasteiger partial charge in [0.25, 0.3) is 0 Å². The molecule has 0 atom stereocenters. The number of likely N-dealkylation sites (N-methyl/N-ethyl adjacent to an activating group) is 1. The van der Waals surface area contributed by atoms with Crippen LogP contribution in [0.2, 0.25) is 5.02 Å². The topological polar surface area (TPSA) is 75.4 Å². The second-order valence-corrected chi connectivity index (χ2v) is 7.03. The smallest absolute Gasteiger partial charge is 0.336 e. The zero-order valence-electron chi connectivity index (χ0n) is 15.4. The van der Waals surface area contributed by atoms with Gasteiger partial charge in [0.1, 0.15) is 11.4 Å². The number of hydrogen-bond acceptors (Lipinski definition) is 5. The lowest BCUT2D eigenvalue weighted by molar-refractivity contribution is -0.117. The maximum atomic E-state index is 12.3. The number of nitrogens with zero attached hydrogens (tertiary/aromatic N) is 2. The Bertz CT molecular complexity index is 1060. The molecule has 3 rings (SSSR count). The Kier molecular flexibility index (Phi) is 5.58. The summed E-state index contributed by atoms with van der Waals surface area (Å²) in [6.07, 6.45) is 1.65. The number of rotatable bonds is 5. The zero-order valence-corrected chi connectivity index (χ0v) is 16.1. The third-order valence-corrected chi connectivity index (χ3v) is 4.55. The lowest BCUT2D eigenvalue weighted by Crippen LogP contribution is -2.30. The molecule has 0 aliphatic carbocycles. The van der Waals surface area contributed by atoms with E-state index in [0.29, 0.717) is 23.0 Å².